The Balaban J connectivity index is 1.71. The second kappa shape index (κ2) is 3.62. The minimum absolute atomic E-state index is 0.311. The number of nitrogens with zero attached hydrogens (tertiary/aromatic N) is 1. The van der Waals surface area contributed by atoms with Crippen molar-refractivity contribution in [3.05, 3.63) is 35.9 Å². The lowest BCUT2D eigenvalue weighted by atomic mass is 10.1. The first kappa shape index (κ1) is 9.37. The largest absolute Gasteiger partial charge is 0.293 e. The fourth-order valence-electron chi connectivity index (χ4n) is 3.05. The number of rotatable bonds is 2. The SMILES string of the molecule is [O]C1C2CCC1N(Cc1ccccc1)C2. The molecular weight excluding hydrogens is 186 g/mol. The van der Waals surface area contributed by atoms with Gasteiger partial charge in [-0.2, -0.15) is 0 Å². The van der Waals surface area contributed by atoms with Crippen LogP contribution in [0.4, 0.5) is 0 Å². The molecule has 2 nitrogen and oxygen atoms in total. The van der Waals surface area contributed by atoms with Crippen molar-refractivity contribution in [2.45, 2.75) is 31.5 Å². The lowest BCUT2D eigenvalue weighted by molar-refractivity contribution is 0.0538. The zero-order valence-electron chi connectivity index (χ0n) is 8.80. The third kappa shape index (κ3) is 1.58. The molecule has 2 heteroatoms. The Hall–Kier alpha value is -0.860. The quantitative estimate of drug-likeness (QED) is 0.720. The van der Waals surface area contributed by atoms with Gasteiger partial charge >= 0.3 is 0 Å². The van der Waals surface area contributed by atoms with Gasteiger partial charge in [0.2, 0.25) is 0 Å². The van der Waals surface area contributed by atoms with Crippen molar-refractivity contribution in [2.24, 2.45) is 5.92 Å². The van der Waals surface area contributed by atoms with Gasteiger partial charge in [-0.3, -0.25) is 4.90 Å². The highest BCUT2D eigenvalue weighted by atomic mass is 16.3. The summed E-state index contributed by atoms with van der Waals surface area (Å²) >= 11 is 0. The van der Waals surface area contributed by atoms with Gasteiger partial charge in [0.15, 0.2) is 0 Å². The van der Waals surface area contributed by atoms with Gasteiger partial charge in [0.1, 0.15) is 6.10 Å². The van der Waals surface area contributed by atoms with Crippen LogP contribution in [0.3, 0.4) is 0 Å². The summed E-state index contributed by atoms with van der Waals surface area (Å²) in [6.07, 6.45) is 1.96. The minimum atomic E-state index is -0.311. The van der Waals surface area contributed by atoms with Gasteiger partial charge in [-0.15, -0.1) is 0 Å². The fraction of sp³-hybridized carbons (Fsp3) is 0.538. The number of benzene rings is 1. The molecule has 79 valence electrons. The van der Waals surface area contributed by atoms with E-state index in [9.17, 15) is 5.11 Å². The third-order valence-electron chi connectivity index (χ3n) is 3.84. The van der Waals surface area contributed by atoms with E-state index in [1.807, 2.05) is 6.07 Å². The van der Waals surface area contributed by atoms with Crippen LogP contribution in [-0.2, 0) is 11.7 Å². The van der Waals surface area contributed by atoms with Crippen molar-refractivity contribution in [1.82, 2.24) is 4.90 Å². The first-order valence-corrected chi connectivity index (χ1v) is 5.78. The molecule has 0 aromatic heterocycles. The summed E-state index contributed by atoms with van der Waals surface area (Å²) in [7, 11) is 0. The van der Waals surface area contributed by atoms with E-state index in [-0.39, 0.29) is 6.10 Å². The van der Waals surface area contributed by atoms with E-state index in [1.165, 1.54) is 5.56 Å². The number of hydrogen-bond acceptors (Lipinski definition) is 1. The molecule has 1 saturated carbocycles. The van der Waals surface area contributed by atoms with E-state index >= 15 is 0 Å². The Kier molecular flexibility index (Phi) is 2.26. The number of hydrogen-bond donors (Lipinski definition) is 0. The molecule has 0 amide bonds. The minimum Gasteiger partial charge on any atom is -0.293 e. The highest BCUT2D eigenvalue weighted by Crippen LogP contribution is 2.38. The molecule has 3 unspecified atom stereocenters. The van der Waals surface area contributed by atoms with Gasteiger partial charge < -0.3 is 0 Å². The maximum atomic E-state index is 11.8. The highest BCUT2D eigenvalue weighted by molar-refractivity contribution is 5.15. The summed E-state index contributed by atoms with van der Waals surface area (Å²) in [6.45, 7) is 1.98. The molecule has 1 aliphatic carbocycles. The van der Waals surface area contributed by atoms with Crippen LogP contribution in [0.2, 0.25) is 0 Å². The predicted molar refractivity (Wildman–Crippen MR) is 57.8 cm³/mol. The average Bonchev–Trinajstić information content (AvgIpc) is 2.75. The number of likely N-dealkylation sites (tertiary alicyclic amines) is 1. The zero-order chi connectivity index (χ0) is 10.3. The van der Waals surface area contributed by atoms with E-state index in [4.69, 9.17) is 0 Å². The molecule has 1 aromatic rings. The summed E-state index contributed by atoms with van der Waals surface area (Å²) in [5.74, 6) is 0.429. The van der Waals surface area contributed by atoms with Crippen LogP contribution in [0, 0.1) is 5.92 Å². The van der Waals surface area contributed by atoms with Crippen molar-refractivity contribution in [3.8, 4) is 0 Å². The van der Waals surface area contributed by atoms with Crippen LogP contribution in [0.5, 0.6) is 0 Å². The molecule has 1 aliphatic heterocycles. The second-order valence-electron chi connectivity index (χ2n) is 4.78. The molecule has 15 heavy (non-hydrogen) atoms. The van der Waals surface area contributed by atoms with Crippen LogP contribution in [0.25, 0.3) is 0 Å². The Labute approximate surface area is 90.5 Å². The van der Waals surface area contributed by atoms with Gasteiger partial charge in [-0.1, -0.05) is 30.3 Å². The predicted octanol–water partition coefficient (Wildman–Crippen LogP) is 2.08. The van der Waals surface area contributed by atoms with Crippen molar-refractivity contribution in [1.29, 1.82) is 0 Å². The molecular formula is C13H16NO. The van der Waals surface area contributed by atoms with Crippen molar-refractivity contribution >= 4 is 0 Å². The average molecular weight is 202 g/mol. The lowest BCUT2D eigenvalue weighted by Crippen LogP contribution is -2.33. The van der Waals surface area contributed by atoms with Crippen molar-refractivity contribution in [2.75, 3.05) is 6.54 Å². The highest BCUT2D eigenvalue weighted by Gasteiger charge is 2.46. The summed E-state index contributed by atoms with van der Waals surface area (Å²) in [5, 5.41) is 11.8. The normalized spacial score (nSPS) is 34.9. The van der Waals surface area contributed by atoms with Crippen molar-refractivity contribution in [3.63, 3.8) is 0 Å². The second-order valence-corrected chi connectivity index (χ2v) is 4.78. The summed E-state index contributed by atoms with van der Waals surface area (Å²) in [5.41, 5.74) is 1.33. The van der Waals surface area contributed by atoms with Crippen LogP contribution >= 0.6 is 0 Å². The Bertz CT molecular complexity index is 338. The zero-order valence-corrected chi connectivity index (χ0v) is 8.80. The molecule has 1 radical (unpaired) electrons. The monoisotopic (exact) mass is 202 g/mol. The molecule has 2 aliphatic rings. The van der Waals surface area contributed by atoms with Crippen LogP contribution in [0.1, 0.15) is 18.4 Å². The van der Waals surface area contributed by atoms with Gasteiger partial charge in [0, 0.05) is 25.0 Å². The summed E-state index contributed by atoms with van der Waals surface area (Å²) in [6, 6.07) is 10.8. The summed E-state index contributed by atoms with van der Waals surface area (Å²) in [4.78, 5) is 2.38. The maximum absolute atomic E-state index is 11.8. The lowest BCUT2D eigenvalue weighted by Gasteiger charge is -2.26. The molecule has 1 aromatic carbocycles. The van der Waals surface area contributed by atoms with Gasteiger partial charge in [-0.25, -0.2) is 5.11 Å². The topological polar surface area (TPSA) is 23.1 Å². The van der Waals surface area contributed by atoms with Gasteiger partial charge in [-0.05, 0) is 18.4 Å². The Morgan fingerprint density at radius 2 is 2.00 bits per heavy atom. The van der Waals surface area contributed by atoms with E-state index in [2.05, 4.69) is 29.2 Å². The molecule has 2 bridgehead atoms. The molecule has 2 fully saturated rings. The van der Waals surface area contributed by atoms with Crippen LogP contribution < -0.4 is 0 Å². The Morgan fingerprint density at radius 3 is 2.60 bits per heavy atom. The van der Waals surface area contributed by atoms with E-state index in [0.29, 0.717) is 12.0 Å². The third-order valence-corrected chi connectivity index (χ3v) is 3.84. The van der Waals surface area contributed by atoms with Gasteiger partial charge in [0.05, 0.1) is 0 Å². The molecule has 1 heterocycles. The van der Waals surface area contributed by atoms with Gasteiger partial charge in [0.25, 0.3) is 0 Å². The molecule has 0 spiro atoms. The molecule has 1 saturated heterocycles. The van der Waals surface area contributed by atoms with E-state index in [1.54, 1.807) is 0 Å². The molecule has 3 atom stereocenters. The van der Waals surface area contributed by atoms with E-state index in [0.717, 1.165) is 25.9 Å². The van der Waals surface area contributed by atoms with Crippen molar-refractivity contribution < 1.29 is 5.11 Å². The van der Waals surface area contributed by atoms with E-state index < -0.39 is 0 Å². The number of piperidine rings is 1. The smallest absolute Gasteiger partial charge is 0.112 e. The van der Waals surface area contributed by atoms with Crippen LogP contribution in [-0.4, -0.2) is 23.6 Å². The fourth-order valence-corrected chi connectivity index (χ4v) is 3.05. The first-order valence-electron chi connectivity index (χ1n) is 5.78. The molecule has 3 rings (SSSR count). The maximum Gasteiger partial charge on any atom is 0.112 e. The Morgan fingerprint density at radius 1 is 1.20 bits per heavy atom. The van der Waals surface area contributed by atoms with Crippen LogP contribution in [0.15, 0.2) is 30.3 Å². The number of fused-ring (bicyclic) bond motifs is 2. The molecule has 0 N–H and O–H groups in total. The first-order chi connectivity index (χ1) is 7.34. The summed E-state index contributed by atoms with van der Waals surface area (Å²) < 4.78 is 0. The standard InChI is InChI=1S/C13H16NO/c15-13-11-6-7-12(13)14(9-11)8-10-4-2-1-3-5-10/h1-5,11-13H,6-9H2.